The van der Waals surface area contributed by atoms with Crippen LogP contribution in [0, 0.1) is 0 Å². The molecule has 8 heteroatoms. The normalized spacial score (nSPS) is 35.4. The quantitative estimate of drug-likeness (QED) is 0.474. The van der Waals surface area contributed by atoms with Crippen LogP contribution in [0.25, 0.3) is 0 Å². The fourth-order valence-corrected chi connectivity index (χ4v) is 2.77. The van der Waals surface area contributed by atoms with Gasteiger partial charge in [0.25, 0.3) is 0 Å². The molecular weight excluding hydrogens is 316 g/mol. The number of hydrogen-bond acceptors (Lipinski definition) is 8. The second-order valence-corrected chi connectivity index (χ2v) is 6.33. The largest absolute Gasteiger partial charge is 0.450 e. The average molecular weight is 336 g/mol. The van der Waals surface area contributed by atoms with Crippen molar-refractivity contribution in [2.75, 3.05) is 19.3 Å². The van der Waals surface area contributed by atoms with Crippen molar-refractivity contribution in [1.82, 2.24) is 0 Å². The molecule has 0 radical (unpaired) electrons. The number of aliphatic hydroxyl groups excluding tert-OH is 1. The topological polar surface area (TPSA) is 74.2 Å². The second kappa shape index (κ2) is 8.40. The summed E-state index contributed by atoms with van der Waals surface area (Å²) < 4.78 is 21.9. The molecule has 0 aromatic heterocycles. The van der Waals surface area contributed by atoms with Crippen molar-refractivity contribution < 1.29 is 28.8 Å². The molecule has 0 bridgehead atoms. The molecule has 1 heterocycles. The molecule has 0 amide bonds. The van der Waals surface area contributed by atoms with Crippen LogP contribution < -0.4 is 0 Å². The molecule has 1 saturated heterocycles. The minimum absolute atomic E-state index is 0.121. The fraction of sp³-hybridized carbons (Fsp3) is 0.769. The summed E-state index contributed by atoms with van der Waals surface area (Å²) in [5.74, 6) is 0. The first-order chi connectivity index (χ1) is 10.1. The summed E-state index contributed by atoms with van der Waals surface area (Å²) in [6, 6.07) is 0. The zero-order valence-electron chi connectivity index (χ0n) is 12.0. The molecule has 0 aromatic carbocycles. The number of hydrogen-bond donors (Lipinski definition) is 1. The molecule has 0 spiro atoms. The molecule has 1 aliphatic carbocycles. The van der Waals surface area contributed by atoms with E-state index in [9.17, 15) is 9.90 Å². The SMILES string of the molecule is CSC(=O)OC1/C=C/C(OC(O)SC)CC2OCOC2C1. The highest BCUT2D eigenvalue weighted by Gasteiger charge is 2.35. The predicted molar refractivity (Wildman–Crippen MR) is 81.2 cm³/mol. The number of carbonyl (C=O) groups excluding carboxylic acids is 1. The van der Waals surface area contributed by atoms with Crippen LogP contribution in [-0.4, -0.2) is 59.8 Å². The highest BCUT2D eigenvalue weighted by molar-refractivity contribution is 8.12. The Labute approximate surface area is 132 Å². The van der Waals surface area contributed by atoms with E-state index in [0.29, 0.717) is 12.8 Å². The van der Waals surface area contributed by atoms with Crippen molar-refractivity contribution in [3.63, 3.8) is 0 Å². The Hall–Kier alpha value is -0.250. The van der Waals surface area contributed by atoms with Gasteiger partial charge >= 0.3 is 5.30 Å². The summed E-state index contributed by atoms with van der Waals surface area (Å²) in [5, 5.41) is 9.28. The third-order valence-corrected chi connectivity index (χ3v) is 4.30. The number of ether oxygens (including phenoxy) is 4. The molecule has 0 saturated carbocycles. The molecule has 1 aliphatic heterocycles. The van der Waals surface area contributed by atoms with Gasteiger partial charge in [0, 0.05) is 12.8 Å². The van der Waals surface area contributed by atoms with E-state index in [1.165, 1.54) is 11.8 Å². The summed E-state index contributed by atoms with van der Waals surface area (Å²) in [6.45, 7) is 0.232. The predicted octanol–water partition coefficient (Wildman–Crippen LogP) is 1.97. The zero-order chi connectivity index (χ0) is 15.2. The molecule has 120 valence electrons. The minimum Gasteiger partial charge on any atom is -0.450 e. The number of fused-ring (bicyclic) bond motifs is 1. The van der Waals surface area contributed by atoms with Gasteiger partial charge in [0.15, 0.2) is 0 Å². The van der Waals surface area contributed by atoms with Gasteiger partial charge in [-0.2, -0.15) is 0 Å². The van der Waals surface area contributed by atoms with Gasteiger partial charge in [-0.1, -0.05) is 6.08 Å². The minimum atomic E-state index is -0.896. The summed E-state index contributed by atoms with van der Waals surface area (Å²) in [5.41, 5.74) is -0.896. The Morgan fingerprint density at radius 1 is 1.24 bits per heavy atom. The second-order valence-electron chi connectivity index (χ2n) is 4.71. The highest BCUT2D eigenvalue weighted by atomic mass is 32.2. The van der Waals surface area contributed by atoms with Crippen LogP contribution in [0.2, 0.25) is 0 Å². The van der Waals surface area contributed by atoms with Crippen molar-refractivity contribution in [3.05, 3.63) is 12.2 Å². The zero-order valence-corrected chi connectivity index (χ0v) is 13.6. The monoisotopic (exact) mass is 336 g/mol. The molecule has 1 N–H and O–H groups in total. The van der Waals surface area contributed by atoms with Crippen LogP contribution in [0.4, 0.5) is 4.79 Å². The summed E-state index contributed by atoms with van der Waals surface area (Å²) in [7, 11) is 0. The smallest absolute Gasteiger partial charge is 0.367 e. The Balaban J connectivity index is 2.05. The van der Waals surface area contributed by atoms with E-state index >= 15 is 0 Å². The molecule has 21 heavy (non-hydrogen) atoms. The van der Waals surface area contributed by atoms with Crippen LogP contribution in [0.1, 0.15) is 12.8 Å². The lowest BCUT2D eigenvalue weighted by Gasteiger charge is -2.27. The molecular formula is C13H20O6S2. The van der Waals surface area contributed by atoms with E-state index in [0.717, 1.165) is 11.8 Å². The maximum atomic E-state index is 11.4. The van der Waals surface area contributed by atoms with Gasteiger partial charge in [0.2, 0.25) is 5.62 Å². The number of carbonyl (C=O) groups is 1. The van der Waals surface area contributed by atoms with E-state index in [1.54, 1.807) is 18.6 Å². The van der Waals surface area contributed by atoms with Gasteiger partial charge in [0.1, 0.15) is 12.9 Å². The molecule has 2 aliphatic rings. The van der Waals surface area contributed by atoms with E-state index in [4.69, 9.17) is 18.9 Å². The third-order valence-electron chi connectivity index (χ3n) is 3.36. The Kier molecular flexibility index (Phi) is 6.84. The van der Waals surface area contributed by atoms with Gasteiger partial charge in [-0.3, -0.25) is 0 Å². The molecule has 2 rings (SSSR count). The average Bonchev–Trinajstić information content (AvgIpc) is 2.88. The van der Waals surface area contributed by atoms with Gasteiger partial charge in [-0.25, -0.2) is 4.79 Å². The van der Waals surface area contributed by atoms with E-state index < -0.39 is 5.62 Å². The molecule has 1 fully saturated rings. The van der Waals surface area contributed by atoms with E-state index in [1.807, 2.05) is 6.08 Å². The lowest BCUT2D eigenvalue weighted by molar-refractivity contribution is -0.0762. The number of rotatable bonds is 4. The van der Waals surface area contributed by atoms with Gasteiger partial charge < -0.3 is 24.1 Å². The first-order valence-electron chi connectivity index (χ1n) is 6.64. The summed E-state index contributed by atoms with van der Waals surface area (Å²) in [6.07, 6.45) is 7.27. The van der Waals surface area contributed by atoms with Crippen molar-refractivity contribution >= 4 is 28.8 Å². The summed E-state index contributed by atoms with van der Waals surface area (Å²) >= 11 is 2.24. The Morgan fingerprint density at radius 3 is 2.48 bits per heavy atom. The van der Waals surface area contributed by atoms with Crippen molar-refractivity contribution in [3.8, 4) is 0 Å². The third kappa shape index (κ3) is 5.15. The Morgan fingerprint density at radius 2 is 1.86 bits per heavy atom. The molecule has 5 atom stereocenters. The van der Waals surface area contributed by atoms with Gasteiger partial charge in [-0.05, 0) is 30.3 Å². The molecule has 5 unspecified atom stereocenters. The standard InChI is InChI=1S/C13H20O6S2/c1-20-12(14)18-8-3-4-9(19-13(15)21-2)6-11-10(5-8)16-7-17-11/h3-4,8-12,14H,5-7H2,1-2H3/b4-3+. The van der Waals surface area contributed by atoms with Gasteiger partial charge in [-0.15, -0.1) is 11.8 Å². The Bertz CT molecular complexity index is 378. The van der Waals surface area contributed by atoms with Crippen LogP contribution in [0.5, 0.6) is 0 Å². The molecule has 6 nitrogen and oxygen atoms in total. The molecule has 0 aromatic rings. The van der Waals surface area contributed by atoms with E-state index in [-0.39, 0.29) is 36.5 Å². The first-order valence-corrected chi connectivity index (χ1v) is 9.16. The van der Waals surface area contributed by atoms with Crippen LogP contribution in [-0.2, 0) is 18.9 Å². The maximum absolute atomic E-state index is 11.4. The number of thioether (sulfide) groups is 2. The van der Waals surface area contributed by atoms with Crippen LogP contribution in [0.15, 0.2) is 12.2 Å². The maximum Gasteiger partial charge on any atom is 0.367 e. The number of aliphatic hydroxyl groups is 1. The first kappa shape index (κ1) is 17.1. The highest BCUT2D eigenvalue weighted by Crippen LogP contribution is 2.28. The van der Waals surface area contributed by atoms with Gasteiger partial charge in [0.05, 0.1) is 18.3 Å². The lowest BCUT2D eigenvalue weighted by Crippen LogP contribution is -2.35. The fourth-order valence-electron chi connectivity index (χ4n) is 2.30. The van der Waals surface area contributed by atoms with Crippen LogP contribution >= 0.6 is 23.5 Å². The van der Waals surface area contributed by atoms with Crippen LogP contribution in [0.3, 0.4) is 0 Å². The van der Waals surface area contributed by atoms with Crippen molar-refractivity contribution in [2.24, 2.45) is 0 Å². The van der Waals surface area contributed by atoms with Crippen molar-refractivity contribution in [2.45, 2.75) is 42.9 Å². The summed E-state index contributed by atoms with van der Waals surface area (Å²) in [4.78, 5) is 11.4. The lowest BCUT2D eigenvalue weighted by atomic mass is 9.97. The van der Waals surface area contributed by atoms with Crippen molar-refractivity contribution in [1.29, 1.82) is 0 Å². The van der Waals surface area contributed by atoms with E-state index in [2.05, 4.69) is 0 Å².